The SMILES string of the molecule is c1nc(C2CCCC2)n[nH]1. The van der Waals surface area contributed by atoms with Crippen LogP contribution in [0.25, 0.3) is 0 Å². The highest BCUT2D eigenvalue weighted by Gasteiger charge is 2.19. The number of hydrogen-bond donors (Lipinski definition) is 1. The van der Waals surface area contributed by atoms with Crippen molar-refractivity contribution >= 4 is 0 Å². The van der Waals surface area contributed by atoms with Crippen molar-refractivity contribution in [2.75, 3.05) is 0 Å². The summed E-state index contributed by atoms with van der Waals surface area (Å²) < 4.78 is 0. The predicted octanol–water partition coefficient (Wildman–Crippen LogP) is 1.46. The van der Waals surface area contributed by atoms with Crippen molar-refractivity contribution in [3.8, 4) is 0 Å². The second-order valence-corrected chi connectivity index (χ2v) is 2.84. The van der Waals surface area contributed by atoms with Crippen molar-refractivity contribution in [2.24, 2.45) is 0 Å². The van der Waals surface area contributed by atoms with Gasteiger partial charge in [-0.15, -0.1) is 0 Å². The Kier molecular flexibility index (Phi) is 1.42. The van der Waals surface area contributed by atoms with E-state index in [1.807, 2.05) is 0 Å². The molecule has 0 bridgehead atoms. The van der Waals surface area contributed by atoms with Crippen molar-refractivity contribution in [3.63, 3.8) is 0 Å². The Morgan fingerprint density at radius 3 is 2.80 bits per heavy atom. The van der Waals surface area contributed by atoms with Gasteiger partial charge >= 0.3 is 0 Å². The van der Waals surface area contributed by atoms with Gasteiger partial charge in [0.15, 0.2) is 5.82 Å². The summed E-state index contributed by atoms with van der Waals surface area (Å²) in [5, 5.41) is 6.81. The molecule has 2 rings (SSSR count). The van der Waals surface area contributed by atoms with E-state index in [1.54, 1.807) is 6.33 Å². The van der Waals surface area contributed by atoms with Gasteiger partial charge < -0.3 is 0 Å². The van der Waals surface area contributed by atoms with Crippen molar-refractivity contribution < 1.29 is 0 Å². The molecule has 0 saturated heterocycles. The van der Waals surface area contributed by atoms with E-state index in [2.05, 4.69) is 15.2 Å². The third-order valence-electron chi connectivity index (χ3n) is 2.15. The van der Waals surface area contributed by atoms with E-state index in [0.717, 1.165) is 5.82 Å². The molecule has 0 spiro atoms. The number of rotatable bonds is 1. The molecule has 0 unspecified atom stereocenters. The van der Waals surface area contributed by atoms with Crippen LogP contribution in [0.5, 0.6) is 0 Å². The molecule has 3 nitrogen and oxygen atoms in total. The molecule has 3 heteroatoms. The third-order valence-corrected chi connectivity index (χ3v) is 2.15. The Morgan fingerprint density at radius 2 is 2.20 bits per heavy atom. The quantitative estimate of drug-likeness (QED) is 0.636. The van der Waals surface area contributed by atoms with Gasteiger partial charge in [0.1, 0.15) is 6.33 Å². The van der Waals surface area contributed by atoms with Gasteiger partial charge in [-0.1, -0.05) is 12.8 Å². The molecule has 1 aliphatic carbocycles. The van der Waals surface area contributed by atoms with Gasteiger partial charge in [-0.3, -0.25) is 5.10 Å². The number of hydrogen-bond acceptors (Lipinski definition) is 2. The number of H-pyrrole nitrogens is 1. The van der Waals surface area contributed by atoms with Crippen LogP contribution in [0.2, 0.25) is 0 Å². The molecule has 0 radical (unpaired) electrons. The molecule has 1 aromatic heterocycles. The van der Waals surface area contributed by atoms with E-state index >= 15 is 0 Å². The number of aromatic nitrogens is 3. The van der Waals surface area contributed by atoms with Crippen LogP contribution in [0.4, 0.5) is 0 Å². The largest absolute Gasteiger partial charge is 0.266 e. The van der Waals surface area contributed by atoms with Crippen molar-refractivity contribution in [2.45, 2.75) is 31.6 Å². The zero-order chi connectivity index (χ0) is 6.81. The molecular formula is C7H11N3. The normalized spacial score (nSPS) is 20.0. The van der Waals surface area contributed by atoms with Crippen LogP contribution < -0.4 is 0 Å². The average Bonchev–Trinajstić information content (AvgIpc) is 2.59. The first kappa shape index (κ1) is 5.89. The monoisotopic (exact) mass is 137 g/mol. The smallest absolute Gasteiger partial charge is 0.153 e. The Hall–Kier alpha value is -0.860. The van der Waals surface area contributed by atoms with Gasteiger partial charge in [-0.25, -0.2) is 4.98 Å². The zero-order valence-corrected chi connectivity index (χ0v) is 5.88. The number of nitrogens with one attached hydrogen (secondary N) is 1. The lowest BCUT2D eigenvalue weighted by Gasteiger charge is -1.99. The highest BCUT2D eigenvalue weighted by atomic mass is 15.2. The minimum absolute atomic E-state index is 0.645. The van der Waals surface area contributed by atoms with Gasteiger partial charge in [-0.05, 0) is 12.8 Å². The van der Waals surface area contributed by atoms with Crippen LogP contribution in [-0.4, -0.2) is 15.2 Å². The predicted molar refractivity (Wildman–Crippen MR) is 37.6 cm³/mol. The maximum absolute atomic E-state index is 4.13. The Labute approximate surface area is 59.9 Å². The lowest BCUT2D eigenvalue weighted by molar-refractivity contribution is 0.672. The summed E-state index contributed by atoms with van der Waals surface area (Å²) in [6.07, 6.45) is 6.90. The van der Waals surface area contributed by atoms with Crippen LogP contribution in [0, 0.1) is 0 Å². The maximum Gasteiger partial charge on any atom is 0.153 e. The summed E-state index contributed by atoms with van der Waals surface area (Å²) in [5.41, 5.74) is 0. The van der Waals surface area contributed by atoms with Crippen LogP contribution >= 0.6 is 0 Å². The molecule has 1 heterocycles. The molecule has 0 aliphatic heterocycles. The molecule has 1 saturated carbocycles. The van der Waals surface area contributed by atoms with Gasteiger partial charge in [0.2, 0.25) is 0 Å². The molecule has 1 aliphatic rings. The molecule has 1 N–H and O–H groups in total. The molecule has 54 valence electrons. The van der Waals surface area contributed by atoms with E-state index in [-0.39, 0.29) is 0 Å². The summed E-state index contributed by atoms with van der Waals surface area (Å²) in [6, 6.07) is 0. The van der Waals surface area contributed by atoms with Crippen LogP contribution in [0.15, 0.2) is 6.33 Å². The lowest BCUT2D eigenvalue weighted by Crippen LogP contribution is -1.94. The highest BCUT2D eigenvalue weighted by Crippen LogP contribution is 2.31. The van der Waals surface area contributed by atoms with Crippen molar-refractivity contribution in [3.05, 3.63) is 12.2 Å². The fourth-order valence-electron chi connectivity index (χ4n) is 1.60. The molecule has 1 fully saturated rings. The Morgan fingerprint density at radius 1 is 1.40 bits per heavy atom. The Bertz CT molecular complexity index is 187. The van der Waals surface area contributed by atoms with Gasteiger partial charge in [0.05, 0.1) is 0 Å². The molecule has 10 heavy (non-hydrogen) atoms. The van der Waals surface area contributed by atoms with Gasteiger partial charge in [0.25, 0.3) is 0 Å². The van der Waals surface area contributed by atoms with Crippen LogP contribution in [-0.2, 0) is 0 Å². The first-order valence-electron chi connectivity index (χ1n) is 3.82. The van der Waals surface area contributed by atoms with E-state index in [0.29, 0.717) is 5.92 Å². The summed E-state index contributed by atoms with van der Waals surface area (Å²) in [4.78, 5) is 4.13. The van der Waals surface area contributed by atoms with E-state index in [9.17, 15) is 0 Å². The maximum atomic E-state index is 4.13. The minimum Gasteiger partial charge on any atom is -0.266 e. The summed E-state index contributed by atoms with van der Waals surface area (Å²) in [6.45, 7) is 0. The first-order valence-corrected chi connectivity index (χ1v) is 3.82. The lowest BCUT2D eigenvalue weighted by atomic mass is 10.1. The second-order valence-electron chi connectivity index (χ2n) is 2.84. The number of nitrogens with zero attached hydrogens (tertiary/aromatic N) is 2. The number of aromatic amines is 1. The van der Waals surface area contributed by atoms with E-state index in [1.165, 1.54) is 25.7 Å². The summed E-state index contributed by atoms with van der Waals surface area (Å²) in [7, 11) is 0. The zero-order valence-electron chi connectivity index (χ0n) is 5.88. The standard InChI is InChI=1S/C7H11N3/c1-2-4-6(3-1)7-8-5-9-10-7/h5-6H,1-4H2,(H,8,9,10). The van der Waals surface area contributed by atoms with E-state index in [4.69, 9.17) is 0 Å². The Balaban J connectivity index is 2.12. The minimum atomic E-state index is 0.645. The highest BCUT2D eigenvalue weighted by molar-refractivity contribution is 4.95. The molecule has 0 amide bonds. The topological polar surface area (TPSA) is 41.6 Å². The fourth-order valence-corrected chi connectivity index (χ4v) is 1.60. The first-order chi connectivity index (χ1) is 4.97. The second kappa shape index (κ2) is 2.40. The van der Waals surface area contributed by atoms with Gasteiger partial charge in [0, 0.05) is 5.92 Å². The molecular weight excluding hydrogens is 126 g/mol. The van der Waals surface area contributed by atoms with Crippen LogP contribution in [0.3, 0.4) is 0 Å². The fraction of sp³-hybridized carbons (Fsp3) is 0.714. The third kappa shape index (κ3) is 0.916. The van der Waals surface area contributed by atoms with Gasteiger partial charge in [-0.2, -0.15) is 5.10 Å². The summed E-state index contributed by atoms with van der Waals surface area (Å²) >= 11 is 0. The van der Waals surface area contributed by atoms with Crippen LogP contribution in [0.1, 0.15) is 37.4 Å². The average molecular weight is 137 g/mol. The van der Waals surface area contributed by atoms with Crippen molar-refractivity contribution in [1.29, 1.82) is 0 Å². The molecule has 1 aromatic rings. The summed E-state index contributed by atoms with van der Waals surface area (Å²) in [5.74, 6) is 1.66. The van der Waals surface area contributed by atoms with Crippen molar-refractivity contribution in [1.82, 2.24) is 15.2 Å². The molecule has 0 aromatic carbocycles. The molecule has 0 atom stereocenters. The van der Waals surface area contributed by atoms with E-state index < -0.39 is 0 Å².